The van der Waals surface area contributed by atoms with Crippen molar-refractivity contribution >= 4 is 35.1 Å². The number of benzene rings is 2. The van der Waals surface area contributed by atoms with Gasteiger partial charge in [0.05, 0.1) is 23.4 Å². The first-order valence-corrected chi connectivity index (χ1v) is 10.8. The monoisotopic (exact) mass is 480 g/mol. The summed E-state index contributed by atoms with van der Waals surface area (Å²) in [4.78, 5) is 48.8. The minimum absolute atomic E-state index is 0.0799. The third kappa shape index (κ3) is 7.74. The van der Waals surface area contributed by atoms with E-state index < -0.39 is 30.4 Å². The van der Waals surface area contributed by atoms with Crippen LogP contribution in [0.5, 0.6) is 0 Å². The molecule has 0 aliphatic rings. The second-order valence-corrected chi connectivity index (χ2v) is 7.29. The number of para-hydroxylation sites is 1. The zero-order valence-corrected chi connectivity index (χ0v) is 19.0. The summed E-state index contributed by atoms with van der Waals surface area (Å²) < 4.78 is 11.5. The van der Waals surface area contributed by atoms with Gasteiger partial charge in [0.25, 0.3) is 5.91 Å². The summed E-state index contributed by atoms with van der Waals surface area (Å²) in [7, 11) is 0. The van der Waals surface area contributed by atoms with Crippen LogP contribution in [0.3, 0.4) is 0 Å². The summed E-state index contributed by atoms with van der Waals surface area (Å²) in [6, 6.07) is 12.4. The fourth-order valence-corrected chi connectivity index (χ4v) is 2.85. The molecule has 0 atom stereocenters. The van der Waals surface area contributed by atoms with Gasteiger partial charge in [-0.05, 0) is 53.2 Å². The summed E-state index contributed by atoms with van der Waals surface area (Å²) >= 11 is 0. The molecule has 2 N–H and O–H groups in total. The number of nitrogens with zero attached hydrogens (tertiary/aromatic N) is 4. The molecular weight excluding hydrogens is 456 g/mol. The van der Waals surface area contributed by atoms with Crippen LogP contribution in [0.4, 0.5) is 11.4 Å². The predicted molar refractivity (Wildman–Crippen MR) is 123 cm³/mol. The molecule has 0 saturated carbocycles. The van der Waals surface area contributed by atoms with Crippen molar-refractivity contribution in [3.63, 3.8) is 0 Å². The first kappa shape index (κ1) is 25.0. The Kier molecular flexibility index (Phi) is 8.99. The summed E-state index contributed by atoms with van der Waals surface area (Å²) in [6.07, 6.45) is 2.99. The highest BCUT2D eigenvalue weighted by molar-refractivity contribution is 6.02. The number of carbonyl (C=O) groups excluding carboxylic acids is 4. The largest absolute Gasteiger partial charge is 0.462 e. The average Bonchev–Trinajstić information content (AvgIpc) is 3.36. The Morgan fingerprint density at radius 1 is 0.914 bits per heavy atom. The van der Waals surface area contributed by atoms with Gasteiger partial charge in [-0.15, -0.1) is 5.10 Å². The Morgan fingerprint density at radius 2 is 1.69 bits per heavy atom. The number of hydrogen-bond acceptors (Lipinski definition) is 9. The van der Waals surface area contributed by atoms with Crippen LogP contribution in [0, 0.1) is 0 Å². The van der Waals surface area contributed by atoms with Gasteiger partial charge in [-0.1, -0.05) is 25.5 Å². The number of nitrogens with one attached hydrogen (secondary N) is 2. The number of ether oxygens (including phenoxy) is 2. The highest BCUT2D eigenvalue weighted by atomic mass is 16.5. The number of aromatic nitrogens is 4. The number of carbonyl (C=O) groups is 4. The summed E-state index contributed by atoms with van der Waals surface area (Å²) in [6.45, 7) is 1.66. The number of esters is 2. The molecule has 0 radical (unpaired) electrons. The molecule has 1 heterocycles. The van der Waals surface area contributed by atoms with Crippen molar-refractivity contribution in [2.75, 3.05) is 23.8 Å². The lowest BCUT2D eigenvalue weighted by molar-refractivity contribution is -0.119. The average molecular weight is 480 g/mol. The molecule has 2 aromatic carbocycles. The Balaban J connectivity index is 1.50. The smallest absolute Gasteiger partial charge is 0.340 e. The Bertz CT molecular complexity index is 1160. The van der Waals surface area contributed by atoms with Gasteiger partial charge in [-0.25, -0.2) is 14.3 Å². The van der Waals surface area contributed by atoms with Crippen molar-refractivity contribution in [3.05, 3.63) is 66.0 Å². The van der Waals surface area contributed by atoms with E-state index in [0.29, 0.717) is 17.9 Å². The number of tetrazole rings is 1. The van der Waals surface area contributed by atoms with Crippen molar-refractivity contribution in [2.45, 2.75) is 26.3 Å². The molecule has 0 aliphatic carbocycles. The van der Waals surface area contributed by atoms with Crippen LogP contribution in [0.1, 0.15) is 40.5 Å². The molecule has 0 unspecified atom stereocenters. The number of anilines is 2. The van der Waals surface area contributed by atoms with Crippen LogP contribution in [0.25, 0.3) is 0 Å². The Labute approximate surface area is 200 Å². The maximum absolute atomic E-state index is 12.5. The minimum atomic E-state index is -0.788. The van der Waals surface area contributed by atoms with E-state index in [1.165, 1.54) is 35.3 Å². The number of hydrogen-bond donors (Lipinski definition) is 2. The van der Waals surface area contributed by atoms with E-state index in [2.05, 4.69) is 26.2 Å². The summed E-state index contributed by atoms with van der Waals surface area (Å²) in [5, 5.41) is 15.7. The van der Waals surface area contributed by atoms with Gasteiger partial charge in [-0.3, -0.25) is 9.59 Å². The van der Waals surface area contributed by atoms with Crippen molar-refractivity contribution < 1.29 is 28.7 Å². The third-order valence-corrected chi connectivity index (χ3v) is 4.59. The predicted octanol–water partition coefficient (Wildman–Crippen LogP) is 2.06. The van der Waals surface area contributed by atoms with Crippen LogP contribution in [-0.4, -0.2) is 57.2 Å². The first-order valence-electron chi connectivity index (χ1n) is 10.8. The second kappa shape index (κ2) is 12.6. The van der Waals surface area contributed by atoms with E-state index in [-0.39, 0.29) is 17.8 Å². The van der Waals surface area contributed by atoms with Gasteiger partial charge in [-0.2, -0.15) is 0 Å². The molecule has 0 saturated heterocycles. The normalized spacial score (nSPS) is 10.3. The van der Waals surface area contributed by atoms with Gasteiger partial charge < -0.3 is 20.1 Å². The molecule has 0 fully saturated rings. The molecule has 12 nitrogen and oxygen atoms in total. The standard InChI is InChI=1S/C23H24N6O6/c1-2-3-12-34-22(32)16-8-10-17(11-9-16)25-21(31)14-35-23(33)18-6-4-5-7-19(18)26-20(30)13-29-15-24-27-28-29/h4-11,15H,2-3,12-14H2,1H3,(H,25,31)(H,26,30). The summed E-state index contributed by atoms with van der Waals surface area (Å²) in [5.41, 5.74) is 1.09. The molecular formula is C23H24N6O6. The van der Waals surface area contributed by atoms with Crippen molar-refractivity contribution in [3.8, 4) is 0 Å². The molecule has 0 aliphatic heterocycles. The van der Waals surface area contributed by atoms with Crippen LogP contribution in [-0.2, 0) is 25.6 Å². The van der Waals surface area contributed by atoms with Crippen molar-refractivity contribution in [1.29, 1.82) is 0 Å². The quantitative estimate of drug-likeness (QED) is 0.310. The van der Waals surface area contributed by atoms with E-state index in [1.54, 1.807) is 24.3 Å². The molecule has 35 heavy (non-hydrogen) atoms. The molecule has 12 heteroatoms. The number of amides is 2. The van der Waals surface area contributed by atoms with Gasteiger partial charge in [0.2, 0.25) is 5.91 Å². The lowest BCUT2D eigenvalue weighted by Gasteiger charge is -2.11. The molecule has 3 rings (SSSR count). The second-order valence-electron chi connectivity index (χ2n) is 7.29. The van der Waals surface area contributed by atoms with Gasteiger partial charge in [0, 0.05) is 5.69 Å². The Morgan fingerprint density at radius 3 is 2.40 bits per heavy atom. The molecule has 0 spiro atoms. The lowest BCUT2D eigenvalue weighted by atomic mass is 10.2. The fraction of sp³-hybridized carbons (Fsp3) is 0.261. The highest BCUT2D eigenvalue weighted by Gasteiger charge is 2.16. The van der Waals surface area contributed by atoms with Crippen LogP contribution < -0.4 is 10.6 Å². The van der Waals surface area contributed by atoms with Crippen LogP contribution >= 0.6 is 0 Å². The van der Waals surface area contributed by atoms with E-state index in [9.17, 15) is 19.2 Å². The summed E-state index contributed by atoms with van der Waals surface area (Å²) in [5.74, 6) is -2.25. The maximum Gasteiger partial charge on any atom is 0.340 e. The van der Waals surface area contributed by atoms with Gasteiger partial charge >= 0.3 is 11.9 Å². The van der Waals surface area contributed by atoms with Crippen molar-refractivity contribution in [2.24, 2.45) is 0 Å². The molecule has 3 aromatic rings. The van der Waals surface area contributed by atoms with Gasteiger partial charge in [0.1, 0.15) is 12.9 Å². The third-order valence-electron chi connectivity index (χ3n) is 4.59. The highest BCUT2D eigenvalue weighted by Crippen LogP contribution is 2.17. The molecule has 0 bridgehead atoms. The number of unbranched alkanes of at least 4 members (excludes halogenated alkanes) is 1. The topological polar surface area (TPSA) is 154 Å². The van der Waals surface area contributed by atoms with E-state index in [0.717, 1.165) is 12.8 Å². The molecule has 182 valence electrons. The van der Waals surface area contributed by atoms with E-state index in [1.807, 2.05) is 6.92 Å². The zero-order valence-electron chi connectivity index (χ0n) is 19.0. The first-order chi connectivity index (χ1) is 17.0. The van der Waals surface area contributed by atoms with Crippen LogP contribution in [0.2, 0.25) is 0 Å². The molecule has 1 aromatic heterocycles. The van der Waals surface area contributed by atoms with Crippen molar-refractivity contribution in [1.82, 2.24) is 20.2 Å². The maximum atomic E-state index is 12.5. The lowest BCUT2D eigenvalue weighted by Crippen LogP contribution is -2.23. The number of rotatable bonds is 11. The van der Waals surface area contributed by atoms with E-state index in [4.69, 9.17) is 9.47 Å². The van der Waals surface area contributed by atoms with Gasteiger partial charge in [0.15, 0.2) is 6.61 Å². The SMILES string of the molecule is CCCCOC(=O)c1ccc(NC(=O)COC(=O)c2ccccc2NC(=O)Cn2cnnn2)cc1. The Hall–Kier alpha value is -4.61. The fourth-order valence-electron chi connectivity index (χ4n) is 2.85. The molecule has 2 amide bonds. The van der Waals surface area contributed by atoms with E-state index >= 15 is 0 Å². The zero-order chi connectivity index (χ0) is 25.0. The minimum Gasteiger partial charge on any atom is -0.462 e. The van der Waals surface area contributed by atoms with Crippen LogP contribution in [0.15, 0.2) is 54.9 Å².